The molecule has 2 amide bonds. The maximum atomic E-state index is 11.0. The first-order valence-corrected chi connectivity index (χ1v) is 5.91. The molecule has 0 aliphatic carbocycles. The minimum atomic E-state index is -1.68. The fraction of sp³-hybridized carbons (Fsp3) is 0.0833. The molecule has 1 aromatic carbocycles. The molecule has 114 valence electrons. The van der Waals surface area contributed by atoms with E-state index in [1.807, 2.05) is 0 Å². The quantitative estimate of drug-likeness (QED) is 0.649. The number of carboxylic acid groups (broad SMARTS) is 2. The van der Waals surface area contributed by atoms with Crippen LogP contribution in [0.4, 0.5) is 15.3 Å². The summed E-state index contributed by atoms with van der Waals surface area (Å²) >= 11 is 0. The molecule has 0 bridgehead atoms. The van der Waals surface area contributed by atoms with E-state index in [1.54, 1.807) is 12.3 Å². The van der Waals surface area contributed by atoms with E-state index in [9.17, 15) is 19.7 Å². The summed E-state index contributed by atoms with van der Waals surface area (Å²) in [5.74, 6) is 0. The van der Waals surface area contributed by atoms with Gasteiger partial charge in [-0.05, 0) is 12.1 Å². The molecule has 0 fully saturated rings. The van der Waals surface area contributed by atoms with E-state index in [-0.39, 0.29) is 16.2 Å². The standard InChI is InChI=1S/C12H10N4O6/c17-11(18)14(12(19)20)7-8-6-9(16(21)22)2-3-10(8)15-5-1-4-13-15/h1-6H,7H2,(H,17,18)(H,19,20). The molecule has 0 spiro atoms. The molecule has 0 radical (unpaired) electrons. The number of carbonyl (C=O) groups is 2. The van der Waals surface area contributed by atoms with E-state index in [2.05, 4.69) is 5.10 Å². The lowest BCUT2D eigenvalue weighted by Crippen LogP contribution is -2.34. The highest BCUT2D eigenvalue weighted by molar-refractivity contribution is 5.85. The average Bonchev–Trinajstić information content (AvgIpc) is 2.97. The van der Waals surface area contributed by atoms with Crippen LogP contribution >= 0.6 is 0 Å². The molecular formula is C12H10N4O6. The van der Waals surface area contributed by atoms with Gasteiger partial charge in [0.25, 0.3) is 5.69 Å². The van der Waals surface area contributed by atoms with Gasteiger partial charge in [-0.25, -0.2) is 19.2 Å². The predicted molar refractivity (Wildman–Crippen MR) is 71.8 cm³/mol. The summed E-state index contributed by atoms with van der Waals surface area (Å²) in [4.78, 5) is 32.2. The number of imide groups is 1. The molecule has 0 aliphatic rings. The summed E-state index contributed by atoms with van der Waals surface area (Å²) in [6, 6.07) is 5.34. The Balaban J connectivity index is 2.50. The second kappa shape index (κ2) is 5.91. The third kappa shape index (κ3) is 3.00. The molecule has 0 saturated heterocycles. The lowest BCUT2D eigenvalue weighted by Gasteiger charge is -2.16. The zero-order valence-electron chi connectivity index (χ0n) is 11.0. The Morgan fingerprint density at radius 2 is 2.00 bits per heavy atom. The zero-order chi connectivity index (χ0) is 16.3. The van der Waals surface area contributed by atoms with Crippen LogP contribution in [0.15, 0.2) is 36.7 Å². The summed E-state index contributed by atoms with van der Waals surface area (Å²) in [7, 11) is 0. The number of hydrogen-bond donors (Lipinski definition) is 2. The minimum Gasteiger partial charge on any atom is -0.465 e. The van der Waals surface area contributed by atoms with Crippen LogP contribution in [-0.4, -0.2) is 42.0 Å². The molecular weight excluding hydrogens is 296 g/mol. The van der Waals surface area contributed by atoms with Crippen molar-refractivity contribution in [2.75, 3.05) is 0 Å². The molecule has 0 unspecified atom stereocenters. The minimum absolute atomic E-state index is 0.131. The first-order valence-electron chi connectivity index (χ1n) is 5.91. The number of nitro benzene ring substituents is 1. The molecule has 0 atom stereocenters. The van der Waals surface area contributed by atoms with Gasteiger partial charge in [0, 0.05) is 30.1 Å². The van der Waals surface area contributed by atoms with Crippen molar-refractivity contribution in [2.45, 2.75) is 6.54 Å². The summed E-state index contributed by atoms with van der Waals surface area (Å²) in [5, 5.41) is 32.6. The maximum Gasteiger partial charge on any atom is 0.417 e. The molecule has 22 heavy (non-hydrogen) atoms. The van der Waals surface area contributed by atoms with Crippen molar-refractivity contribution in [1.29, 1.82) is 0 Å². The zero-order valence-corrected chi connectivity index (χ0v) is 11.0. The largest absolute Gasteiger partial charge is 0.465 e. The first-order chi connectivity index (χ1) is 10.4. The summed E-state index contributed by atoms with van der Waals surface area (Å²) in [6.45, 7) is -0.554. The Hall–Kier alpha value is -3.43. The van der Waals surface area contributed by atoms with Gasteiger partial charge in [-0.15, -0.1) is 0 Å². The lowest BCUT2D eigenvalue weighted by atomic mass is 10.1. The van der Waals surface area contributed by atoms with E-state index >= 15 is 0 Å². The third-order valence-electron chi connectivity index (χ3n) is 2.82. The van der Waals surface area contributed by atoms with Crippen LogP contribution in [-0.2, 0) is 6.54 Å². The van der Waals surface area contributed by atoms with Gasteiger partial charge in [0.05, 0.1) is 17.2 Å². The Morgan fingerprint density at radius 1 is 1.32 bits per heavy atom. The molecule has 10 heteroatoms. The normalized spacial score (nSPS) is 10.2. The Bertz CT molecular complexity index is 713. The van der Waals surface area contributed by atoms with E-state index in [4.69, 9.17) is 10.2 Å². The van der Waals surface area contributed by atoms with Crippen molar-refractivity contribution in [3.8, 4) is 5.69 Å². The van der Waals surface area contributed by atoms with Gasteiger partial charge in [0.15, 0.2) is 0 Å². The number of nitro groups is 1. The summed E-state index contributed by atoms with van der Waals surface area (Å²) in [5.41, 5.74) is 0.215. The van der Waals surface area contributed by atoms with E-state index in [0.717, 1.165) is 6.07 Å². The van der Waals surface area contributed by atoms with Crippen molar-refractivity contribution in [2.24, 2.45) is 0 Å². The van der Waals surface area contributed by atoms with Crippen LogP contribution in [0.1, 0.15) is 5.56 Å². The monoisotopic (exact) mass is 306 g/mol. The number of hydrogen-bond acceptors (Lipinski definition) is 5. The highest BCUT2D eigenvalue weighted by Gasteiger charge is 2.23. The van der Waals surface area contributed by atoms with Gasteiger partial charge in [0.1, 0.15) is 0 Å². The van der Waals surface area contributed by atoms with Crippen molar-refractivity contribution >= 4 is 17.9 Å². The molecule has 1 heterocycles. The lowest BCUT2D eigenvalue weighted by molar-refractivity contribution is -0.384. The molecule has 2 aromatic rings. The second-order valence-corrected chi connectivity index (χ2v) is 4.17. The fourth-order valence-corrected chi connectivity index (χ4v) is 1.83. The SMILES string of the molecule is O=C(O)N(Cc1cc([N+](=O)[O-])ccc1-n1cccn1)C(=O)O. The number of rotatable bonds is 4. The number of aromatic nitrogens is 2. The van der Waals surface area contributed by atoms with Gasteiger partial charge in [0.2, 0.25) is 0 Å². The molecule has 0 saturated carbocycles. The second-order valence-electron chi connectivity index (χ2n) is 4.17. The van der Waals surface area contributed by atoms with Gasteiger partial charge in [-0.1, -0.05) is 0 Å². The third-order valence-corrected chi connectivity index (χ3v) is 2.82. The molecule has 0 aliphatic heterocycles. The van der Waals surface area contributed by atoms with Crippen LogP contribution in [0.2, 0.25) is 0 Å². The summed E-state index contributed by atoms with van der Waals surface area (Å²) < 4.78 is 1.36. The van der Waals surface area contributed by atoms with Gasteiger partial charge >= 0.3 is 12.2 Å². The summed E-state index contributed by atoms with van der Waals surface area (Å²) in [6.07, 6.45) is -0.329. The molecule has 10 nitrogen and oxygen atoms in total. The van der Waals surface area contributed by atoms with Crippen molar-refractivity contribution in [3.63, 3.8) is 0 Å². The van der Waals surface area contributed by atoms with Crippen molar-refractivity contribution in [1.82, 2.24) is 14.7 Å². The Morgan fingerprint density at radius 3 is 2.50 bits per heavy atom. The molecule has 2 rings (SSSR count). The van der Waals surface area contributed by atoms with Gasteiger partial charge in [-0.3, -0.25) is 10.1 Å². The highest BCUT2D eigenvalue weighted by Crippen LogP contribution is 2.22. The maximum absolute atomic E-state index is 11.0. The van der Waals surface area contributed by atoms with Crippen LogP contribution in [0, 0.1) is 10.1 Å². The average molecular weight is 306 g/mol. The van der Waals surface area contributed by atoms with E-state index in [0.29, 0.717) is 5.69 Å². The smallest absolute Gasteiger partial charge is 0.417 e. The van der Waals surface area contributed by atoms with Crippen molar-refractivity contribution < 1.29 is 24.7 Å². The topological polar surface area (TPSA) is 139 Å². The number of nitrogens with zero attached hydrogens (tertiary/aromatic N) is 4. The van der Waals surface area contributed by atoms with E-state index < -0.39 is 23.7 Å². The Labute approximate surface area is 123 Å². The van der Waals surface area contributed by atoms with Crippen LogP contribution in [0.3, 0.4) is 0 Å². The predicted octanol–water partition coefficient (Wildman–Crippen LogP) is 1.94. The molecule has 1 aromatic heterocycles. The van der Waals surface area contributed by atoms with Crippen LogP contribution in [0.5, 0.6) is 0 Å². The van der Waals surface area contributed by atoms with Gasteiger partial charge in [-0.2, -0.15) is 5.10 Å². The first kappa shape index (κ1) is 15.0. The van der Waals surface area contributed by atoms with Gasteiger partial charge < -0.3 is 10.2 Å². The Kier molecular flexibility index (Phi) is 4.02. The fourth-order valence-electron chi connectivity index (χ4n) is 1.83. The number of amides is 2. The van der Waals surface area contributed by atoms with Crippen LogP contribution in [0.25, 0.3) is 5.69 Å². The highest BCUT2D eigenvalue weighted by atomic mass is 16.6. The number of non-ortho nitro benzene ring substituents is 1. The molecule has 2 N–H and O–H groups in total. The van der Waals surface area contributed by atoms with E-state index in [1.165, 1.54) is 23.0 Å². The number of benzene rings is 1. The van der Waals surface area contributed by atoms with Crippen LogP contribution < -0.4 is 0 Å². The van der Waals surface area contributed by atoms with Crippen molar-refractivity contribution in [3.05, 3.63) is 52.3 Å².